The number of halogens is 2. The van der Waals surface area contributed by atoms with Gasteiger partial charge in [-0.05, 0) is 59.6 Å². The standard InChI is InChI=1S/C17H15BrFNS/c1-20-16(8-11-6-12(18)9-13(19)7-11)15-10-21-17-5-3-2-4-14(15)17/h2-7,9-10,16,20H,8H2,1H3. The van der Waals surface area contributed by atoms with Gasteiger partial charge in [-0.25, -0.2) is 4.39 Å². The van der Waals surface area contributed by atoms with Gasteiger partial charge in [-0.1, -0.05) is 34.1 Å². The molecule has 0 saturated carbocycles. The summed E-state index contributed by atoms with van der Waals surface area (Å²) >= 11 is 5.11. The Balaban J connectivity index is 1.95. The Hall–Kier alpha value is -1.23. The molecule has 0 aliphatic heterocycles. The molecule has 1 nitrogen and oxygen atoms in total. The molecule has 0 fully saturated rings. The van der Waals surface area contributed by atoms with Gasteiger partial charge in [0, 0.05) is 15.2 Å². The minimum Gasteiger partial charge on any atom is -0.313 e. The quantitative estimate of drug-likeness (QED) is 0.662. The molecule has 1 aromatic heterocycles. The van der Waals surface area contributed by atoms with Crippen LogP contribution >= 0.6 is 27.3 Å². The Bertz CT molecular complexity index is 748. The van der Waals surface area contributed by atoms with Crippen molar-refractivity contribution in [2.24, 2.45) is 0 Å². The van der Waals surface area contributed by atoms with Crippen LogP contribution in [-0.4, -0.2) is 7.05 Å². The average Bonchev–Trinajstić information content (AvgIpc) is 2.87. The molecule has 2 aromatic carbocycles. The number of hydrogen-bond acceptors (Lipinski definition) is 2. The molecule has 4 heteroatoms. The third-order valence-corrected chi connectivity index (χ3v) is 5.04. The molecule has 1 atom stereocenters. The monoisotopic (exact) mass is 363 g/mol. The third kappa shape index (κ3) is 3.18. The van der Waals surface area contributed by atoms with E-state index in [0.717, 1.165) is 16.5 Å². The minimum atomic E-state index is -0.204. The minimum absolute atomic E-state index is 0.176. The van der Waals surface area contributed by atoms with E-state index in [1.165, 1.54) is 21.7 Å². The fourth-order valence-electron chi connectivity index (χ4n) is 2.60. The molecule has 3 rings (SSSR count). The fourth-order valence-corrected chi connectivity index (χ4v) is 4.13. The molecule has 0 radical (unpaired) electrons. The van der Waals surface area contributed by atoms with Gasteiger partial charge >= 0.3 is 0 Å². The Kier molecular flexibility index (Phi) is 4.38. The summed E-state index contributed by atoms with van der Waals surface area (Å²) in [6.07, 6.45) is 0.758. The van der Waals surface area contributed by atoms with Crippen LogP contribution in [0, 0.1) is 5.82 Å². The second kappa shape index (κ2) is 6.26. The molecule has 0 aliphatic rings. The Labute approximate surface area is 135 Å². The highest BCUT2D eigenvalue weighted by molar-refractivity contribution is 9.10. The zero-order valence-corrected chi connectivity index (χ0v) is 14.0. The van der Waals surface area contributed by atoms with Crippen molar-refractivity contribution >= 4 is 37.4 Å². The smallest absolute Gasteiger partial charge is 0.124 e. The van der Waals surface area contributed by atoms with Crippen LogP contribution in [0.3, 0.4) is 0 Å². The Morgan fingerprint density at radius 1 is 1.24 bits per heavy atom. The molecule has 1 heterocycles. The van der Waals surface area contributed by atoms with Crippen LogP contribution in [0.2, 0.25) is 0 Å². The Morgan fingerprint density at radius 2 is 2.05 bits per heavy atom. The summed E-state index contributed by atoms with van der Waals surface area (Å²) in [5.74, 6) is -0.204. The number of likely N-dealkylation sites (N-methyl/N-ethyl adjacent to an activating group) is 1. The van der Waals surface area contributed by atoms with E-state index in [0.29, 0.717) is 0 Å². The highest BCUT2D eigenvalue weighted by atomic mass is 79.9. The third-order valence-electron chi connectivity index (χ3n) is 3.60. The molecular weight excluding hydrogens is 349 g/mol. The number of benzene rings is 2. The van der Waals surface area contributed by atoms with Crippen molar-refractivity contribution in [2.75, 3.05) is 7.05 Å². The van der Waals surface area contributed by atoms with Gasteiger partial charge in [-0.15, -0.1) is 11.3 Å². The van der Waals surface area contributed by atoms with Crippen LogP contribution < -0.4 is 5.32 Å². The van der Waals surface area contributed by atoms with E-state index in [-0.39, 0.29) is 11.9 Å². The predicted octanol–water partition coefficient (Wildman–Crippen LogP) is 5.31. The number of hydrogen-bond donors (Lipinski definition) is 1. The summed E-state index contributed by atoms with van der Waals surface area (Å²) in [6.45, 7) is 0. The summed E-state index contributed by atoms with van der Waals surface area (Å²) in [7, 11) is 1.95. The van der Waals surface area contributed by atoms with Gasteiger partial charge < -0.3 is 5.32 Å². The van der Waals surface area contributed by atoms with E-state index in [1.54, 1.807) is 17.4 Å². The van der Waals surface area contributed by atoms with Gasteiger partial charge in [0.15, 0.2) is 0 Å². The molecule has 1 N–H and O–H groups in total. The van der Waals surface area contributed by atoms with Gasteiger partial charge in [-0.3, -0.25) is 0 Å². The maximum Gasteiger partial charge on any atom is 0.124 e. The van der Waals surface area contributed by atoms with E-state index in [4.69, 9.17) is 0 Å². The molecule has 0 aliphatic carbocycles. The molecule has 0 bridgehead atoms. The first-order chi connectivity index (χ1) is 10.2. The first-order valence-corrected chi connectivity index (χ1v) is 8.43. The van der Waals surface area contributed by atoms with Crippen molar-refractivity contribution in [2.45, 2.75) is 12.5 Å². The van der Waals surface area contributed by atoms with Gasteiger partial charge in [-0.2, -0.15) is 0 Å². The number of rotatable bonds is 4. The highest BCUT2D eigenvalue weighted by Crippen LogP contribution is 2.32. The first kappa shape index (κ1) is 14.7. The SMILES string of the molecule is CNC(Cc1cc(F)cc(Br)c1)c1csc2ccccc12. The van der Waals surface area contributed by atoms with E-state index in [9.17, 15) is 4.39 Å². The molecule has 0 amide bonds. The zero-order chi connectivity index (χ0) is 14.8. The van der Waals surface area contributed by atoms with E-state index in [1.807, 2.05) is 13.1 Å². The van der Waals surface area contributed by atoms with Crippen molar-refractivity contribution in [3.05, 3.63) is 69.3 Å². The molecule has 21 heavy (non-hydrogen) atoms. The normalized spacial score (nSPS) is 12.7. The molecule has 108 valence electrons. The van der Waals surface area contributed by atoms with Crippen molar-refractivity contribution in [1.82, 2.24) is 5.32 Å². The van der Waals surface area contributed by atoms with Gasteiger partial charge in [0.05, 0.1) is 0 Å². The van der Waals surface area contributed by atoms with Crippen LogP contribution in [0.25, 0.3) is 10.1 Å². The summed E-state index contributed by atoms with van der Waals surface area (Å²) in [4.78, 5) is 0. The zero-order valence-electron chi connectivity index (χ0n) is 11.6. The topological polar surface area (TPSA) is 12.0 Å². The lowest BCUT2D eigenvalue weighted by Gasteiger charge is -2.16. The second-order valence-corrected chi connectivity index (χ2v) is 6.84. The van der Waals surface area contributed by atoms with E-state index >= 15 is 0 Å². The molecule has 0 spiro atoms. The van der Waals surface area contributed by atoms with Crippen LogP contribution in [0.4, 0.5) is 4.39 Å². The second-order valence-electron chi connectivity index (χ2n) is 5.01. The molecular formula is C17H15BrFNS. The number of fused-ring (bicyclic) bond motifs is 1. The van der Waals surface area contributed by atoms with Crippen LogP contribution in [0.15, 0.2) is 52.3 Å². The maximum absolute atomic E-state index is 13.5. The van der Waals surface area contributed by atoms with Crippen molar-refractivity contribution in [3.63, 3.8) is 0 Å². The van der Waals surface area contributed by atoms with Crippen LogP contribution in [0.5, 0.6) is 0 Å². The summed E-state index contributed by atoms with van der Waals surface area (Å²) < 4.78 is 15.6. The predicted molar refractivity (Wildman–Crippen MR) is 91.4 cm³/mol. The van der Waals surface area contributed by atoms with Crippen molar-refractivity contribution in [3.8, 4) is 0 Å². The summed E-state index contributed by atoms with van der Waals surface area (Å²) in [5.41, 5.74) is 2.26. The molecule has 0 saturated heterocycles. The van der Waals surface area contributed by atoms with Crippen molar-refractivity contribution in [1.29, 1.82) is 0 Å². The average molecular weight is 364 g/mol. The van der Waals surface area contributed by atoms with Crippen LogP contribution in [-0.2, 0) is 6.42 Å². The summed E-state index contributed by atoms with van der Waals surface area (Å²) in [6, 6.07) is 13.6. The van der Waals surface area contributed by atoms with Crippen molar-refractivity contribution < 1.29 is 4.39 Å². The highest BCUT2D eigenvalue weighted by Gasteiger charge is 2.15. The Morgan fingerprint density at radius 3 is 2.81 bits per heavy atom. The van der Waals surface area contributed by atoms with E-state index < -0.39 is 0 Å². The first-order valence-electron chi connectivity index (χ1n) is 6.76. The number of nitrogens with one attached hydrogen (secondary N) is 1. The lowest BCUT2D eigenvalue weighted by molar-refractivity contribution is 0.588. The van der Waals surface area contributed by atoms with Gasteiger partial charge in [0.2, 0.25) is 0 Å². The lowest BCUT2D eigenvalue weighted by atomic mass is 9.98. The van der Waals surface area contributed by atoms with E-state index in [2.05, 4.69) is 50.9 Å². The van der Waals surface area contributed by atoms with Gasteiger partial charge in [0.25, 0.3) is 0 Å². The number of thiophene rings is 1. The summed E-state index contributed by atoms with van der Waals surface area (Å²) in [5, 5.41) is 6.82. The molecule has 3 aromatic rings. The molecule has 1 unspecified atom stereocenters. The lowest BCUT2D eigenvalue weighted by Crippen LogP contribution is -2.18. The largest absolute Gasteiger partial charge is 0.313 e. The fraction of sp³-hybridized carbons (Fsp3) is 0.176. The van der Waals surface area contributed by atoms with Crippen LogP contribution in [0.1, 0.15) is 17.2 Å². The maximum atomic E-state index is 13.5. The van der Waals surface area contributed by atoms with Gasteiger partial charge in [0.1, 0.15) is 5.82 Å².